The predicted octanol–water partition coefficient (Wildman–Crippen LogP) is 2.11. The SMILES string of the molecule is S=C(NCCc1ccccc1)N1CCSC1. The van der Waals surface area contributed by atoms with Crippen LogP contribution < -0.4 is 5.32 Å². The van der Waals surface area contributed by atoms with E-state index in [1.54, 1.807) is 0 Å². The summed E-state index contributed by atoms with van der Waals surface area (Å²) in [7, 11) is 0. The first-order chi connectivity index (χ1) is 7.86. The quantitative estimate of drug-likeness (QED) is 0.828. The molecule has 1 heterocycles. The minimum atomic E-state index is 0.904. The molecule has 0 bridgehead atoms. The van der Waals surface area contributed by atoms with Gasteiger partial charge in [-0.15, -0.1) is 11.8 Å². The van der Waals surface area contributed by atoms with Crippen LogP contribution >= 0.6 is 24.0 Å². The Morgan fingerprint density at radius 1 is 1.38 bits per heavy atom. The van der Waals surface area contributed by atoms with Gasteiger partial charge in [0.1, 0.15) is 0 Å². The Kier molecular flexibility index (Phi) is 4.48. The van der Waals surface area contributed by atoms with Gasteiger partial charge in [0.15, 0.2) is 5.11 Å². The average molecular weight is 252 g/mol. The van der Waals surface area contributed by atoms with E-state index < -0.39 is 0 Å². The molecule has 0 saturated carbocycles. The van der Waals surface area contributed by atoms with Gasteiger partial charge in [-0.1, -0.05) is 30.3 Å². The van der Waals surface area contributed by atoms with Gasteiger partial charge in [0.05, 0.1) is 5.88 Å². The Balaban J connectivity index is 1.70. The van der Waals surface area contributed by atoms with Crippen molar-refractivity contribution in [1.82, 2.24) is 10.2 Å². The number of thioether (sulfide) groups is 1. The highest BCUT2D eigenvalue weighted by Gasteiger charge is 2.14. The lowest BCUT2D eigenvalue weighted by Crippen LogP contribution is -2.38. The normalized spacial score (nSPS) is 15.1. The highest BCUT2D eigenvalue weighted by Crippen LogP contribution is 2.12. The number of nitrogens with zero attached hydrogens (tertiary/aromatic N) is 1. The standard InChI is InChI=1S/C12H16N2S2/c15-12(14-8-9-16-10-14)13-7-6-11-4-2-1-3-5-11/h1-5H,6-10H2,(H,13,15). The van der Waals surface area contributed by atoms with E-state index in [1.807, 2.05) is 17.8 Å². The maximum Gasteiger partial charge on any atom is 0.169 e. The topological polar surface area (TPSA) is 15.3 Å². The number of benzene rings is 1. The molecule has 0 spiro atoms. The zero-order valence-electron chi connectivity index (χ0n) is 9.19. The Morgan fingerprint density at radius 2 is 2.19 bits per heavy atom. The molecule has 16 heavy (non-hydrogen) atoms. The van der Waals surface area contributed by atoms with Crippen molar-refractivity contribution >= 4 is 29.1 Å². The maximum atomic E-state index is 5.33. The van der Waals surface area contributed by atoms with Crippen LogP contribution in [-0.2, 0) is 6.42 Å². The van der Waals surface area contributed by atoms with Crippen molar-refractivity contribution in [3.63, 3.8) is 0 Å². The van der Waals surface area contributed by atoms with Gasteiger partial charge in [-0.2, -0.15) is 0 Å². The van der Waals surface area contributed by atoms with Gasteiger partial charge >= 0.3 is 0 Å². The maximum absolute atomic E-state index is 5.33. The lowest BCUT2D eigenvalue weighted by molar-refractivity contribution is 0.529. The summed E-state index contributed by atoms with van der Waals surface area (Å²) in [6.45, 7) is 2.01. The monoisotopic (exact) mass is 252 g/mol. The summed E-state index contributed by atoms with van der Waals surface area (Å²) in [5, 5.41) is 4.22. The van der Waals surface area contributed by atoms with Crippen LogP contribution in [-0.4, -0.2) is 34.7 Å². The molecule has 1 saturated heterocycles. The minimum absolute atomic E-state index is 0.904. The van der Waals surface area contributed by atoms with E-state index in [0.717, 1.165) is 30.5 Å². The highest BCUT2D eigenvalue weighted by molar-refractivity contribution is 7.99. The molecule has 0 amide bonds. The van der Waals surface area contributed by atoms with Gasteiger partial charge in [-0.05, 0) is 24.2 Å². The first-order valence-electron chi connectivity index (χ1n) is 5.51. The molecule has 2 rings (SSSR count). The average Bonchev–Trinajstić information content (AvgIpc) is 2.84. The van der Waals surface area contributed by atoms with Gasteiger partial charge in [0, 0.05) is 18.8 Å². The molecule has 1 fully saturated rings. The first kappa shape index (κ1) is 11.7. The lowest BCUT2D eigenvalue weighted by Gasteiger charge is -2.18. The van der Waals surface area contributed by atoms with E-state index in [0.29, 0.717) is 0 Å². The van der Waals surface area contributed by atoms with E-state index >= 15 is 0 Å². The molecular formula is C12H16N2S2. The molecule has 0 radical (unpaired) electrons. The van der Waals surface area contributed by atoms with E-state index in [1.165, 1.54) is 11.3 Å². The van der Waals surface area contributed by atoms with Crippen LogP contribution in [0.1, 0.15) is 5.56 Å². The number of rotatable bonds is 3. The summed E-state index contributed by atoms with van der Waals surface area (Å²) in [5.41, 5.74) is 1.36. The molecule has 1 aliphatic heterocycles. The molecule has 0 unspecified atom stereocenters. The van der Waals surface area contributed by atoms with Gasteiger partial charge in [-0.25, -0.2) is 0 Å². The summed E-state index contributed by atoms with van der Waals surface area (Å²) in [6.07, 6.45) is 1.03. The third kappa shape index (κ3) is 3.39. The Labute approximate surface area is 106 Å². The number of thiocarbonyl (C=S) groups is 1. The predicted molar refractivity (Wildman–Crippen MR) is 74.8 cm³/mol. The molecule has 86 valence electrons. The van der Waals surface area contributed by atoms with Crippen LogP contribution in [0.15, 0.2) is 30.3 Å². The second-order valence-corrected chi connectivity index (χ2v) is 5.23. The Bertz CT molecular complexity index is 334. The van der Waals surface area contributed by atoms with Crippen LogP contribution in [0.25, 0.3) is 0 Å². The molecule has 2 nitrogen and oxygen atoms in total. The van der Waals surface area contributed by atoms with Crippen LogP contribution in [0, 0.1) is 0 Å². The number of hydrogen-bond acceptors (Lipinski definition) is 2. The highest BCUT2D eigenvalue weighted by atomic mass is 32.2. The summed E-state index contributed by atoms with van der Waals surface area (Å²) >= 11 is 7.27. The fourth-order valence-electron chi connectivity index (χ4n) is 1.64. The molecular weight excluding hydrogens is 236 g/mol. The molecule has 4 heteroatoms. The van der Waals surface area contributed by atoms with Gasteiger partial charge in [0.25, 0.3) is 0 Å². The van der Waals surface area contributed by atoms with Crippen LogP contribution in [0.4, 0.5) is 0 Å². The number of nitrogens with one attached hydrogen (secondary N) is 1. The van der Waals surface area contributed by atoms with Crippen molar-refractivity contribution in [1.29, 1.82) is 0 Å². The van der Waals surface area contributed by atoms with Crippen molar-refractivity contribution in [3.8, 4) is 0 Å². The Hall–Kier alpha value is -0.740. The molecule has 1 aromatic carbocycles. The van der Waals surface area contributed by atoms with Crippen LogP contribution in [0.5, 0.6) is 0 Å². The van der Waals surface area contributed by atoms with Crippen LogP contribution in [0.3, 0.4) is 0 Å². The molecule has 1 aliphatic rings. The molecule has 1 N–H and O–H groups in total. The van der Waals surface area contributed by atoms with E-state index in [9.17, 15) is 0 Å². The fourth-order valence-corrected chi connectivity index (χ4v) is 2.94. The lowest BCUT2D eigenvalue weighted by atomic mass is 10.1. The third-order valence-electron chi connectivity index (χ3n) is 2.57. The second-order valence-electron chi connectivity index (χ2n) is 3.77. The molecule has 0 aliphatic carbocycles. The van der Waals surface area contributed by atoms with Gasteiger partial charge in [0.2, 0.25) is 0 Å². The molecule has 1 aromatic rings. The number of hydrogen-bond donors (Lipinski definition) is 1. The summed E-state index contributed by atoms with van der Waals surface area (Å²) < 4.78 is 0. The second kappa shape index (κ2) is 6.11. The summed E-state index contributed by atoms with van der Waals surface area (Å²) in [4.78, 5) is 2.23. The Morgan fingerprint density at radius 3 is 2.88 bits per heavy atom. The van der Waals surface area contributed by atoms with E-state index in [2.05, 4.69) is 34.5 Å². The first-order valence-corrected chi connectivity index (χ1v) is 7.07. The third-order valence-corrected chi connectivity index (χ3v) is 3.94. The smallest absolute Gasteiger partial charge is 0.169 e. The zero-order valence-corrected chi connectivity index (χ0v) is 10.8. The van der Waals surface area contributed by atoms with E-state index in [4.69, 9.17) is 12.2 Å². The van der Waals surface area contributed by atoms with Crippen LogP contribution in [0.2, 0.25) is 0 Å². The minimum Gasteiger partial charge on any atom is -0.362 e. The molecule has 0 aromatic heterocycles. The van der Waals surface area contributed by atoms with Crippen molar-refractivity contribution < 1.29 is 0 Å². The van der Waals surface area contributed by atoms with E-state index in [-0.39, 0.29) is 0 Å². The van der Waals surface area contributed by atoms with Crippen molar-refractivity contribution in [2.75, 3.05) is 24.7 Å². The van der Waals surface area contributed by atoms with Gasteiger partial charge < -0.3 is 10.2 Å². The fraction of sp³-hybridized carbons (Fsp3) is 0.417. The van der Waals surface area contributed by atoms with Crippen molar-refractivity contribution in [3.05, 3.63) is 35.9 Å². The van der Waals surface area contributed by atoms with Crippen molar-refractivity contribution in [2.24, 2.45) is 0 Å². The van der Waals surface area contributed by atoms with Crippen molar-refractivity contribution in [2.45, 2.75) is 6.42 Å². The summed E-state index contributed by atoms with van der Waals surface area (Å²) in [6, 6.07) is 10.5. The zero-order chi connectivity index (χ0) is 11.2. The van der Waals surface area contributed by atoms with Gasteiger partial charge in [-0.3, -0.25) is 0 Å². The summed E-state index contributed by atoms with van der Waals surface area (Å²) in [5.74, 6) is 2.23. The molecule has 0 atom stereocenters. The largest absolute Gasteiger partial charge is 0.362 e.